The number of Topliss-reactive ketones (excluding diaryl/α,β-unsaturated/α-hetero) is 1. The zero-order valence-electron chi connectivity index (χ0n) is 13.5. The molecule has 0 amide bonds. The maximum atomic E-state index is 12.5. The fraction of sp³-hybridized carbons (Fsp3) is 0.353. The van der Waals surface area contributed by atoms with Crippen molar-refractivity contribution in [2.75, 3.05) is 7.11 Å². The van der Waals surface area contributed by atoms with E-state index < -0.39 is 47.5 Å². The van der Waals surface area contributed by atoms with E-state index >= 15 is 0 Å². The van der Waals surface area contributed by atoms with E-state index in [1.165, 1.54) is 7.11 Å². The van der Waals surface area contributed by atoms with Crippen molar-refractivity contribution in [3.05, 3.63) is 34.1 Å². The smallest absolute Gasteiger partial charge is 0.333 e. The molecule has 2 heterocycles. The summed E-state index contributed by atoms with van der Waals surface area (Å²) in [6, 6.07) is 0. The molecule has 3 atom stereocenters. The van der Waals surface area contributed by atoms with Crippen molar-refractivity contribution in [1.82, 2.24) is 0 Å². The predicted octanol–water partition coefficient (Wildman–Crippen LogP) is 0.821. The number of phenolic OH excluding ortho intramolecular Hbond substituents is 2. The van der Waals surface area contributed by atoms with Crippen LogP contribution in [0.5, 0.6) is 11.5 Å². The molecular weight excluding hydrogens is 348 g/mol. The number of hydrogen-bond donors (Lipinski definition) is 3. The third kappa shape index (κ3) is 2.14. The maximum Gasteiger partial charge on any atom is 0.333 e. The molecule has 1 aromatic rings. The van der Waals surface area contributed by atoms with E-state index in [1.54, 1.807) is 0 Å². The summed E-state index contributed by atoms with van der Waals surface area (Å²) in [5.74, 6) is -3.79. The van der Waals surface area contributed by atoms with Crippen LogP contribution in [0.2, 0.25) is 0 Å². The number of hydrogen-bond acceptors (Lipinski definition) is 8. The van der Waals surface area contributed by atoms with Gasteiger partial charge in [-0.25, -0.2) is 4.79 Å². The number of ketones is 2. The first-order valence-electron chi connectivity index (χ1n) is 7.82. The molecule has 0 radical (unpaired) electrons. The van der Waals surface area contributed by atoms with Gasteiger partial charge in [0.1, 0.15) is 11.5 Å². The van der Waals surface area contributed by atoms with Crippen LogP contribution >= 0.6 is 0 Å². The Morgan fingerprint density at radius 2 is 1.92 bits per heavy atom. The lowest BCUT2D eigenvalue weighted by molar-refractivity contribution is -0.252. The van der Waals surface area contributed by atoms with Crippen molar-refractivity contribution in [2.45, 2.75) is 31.3 Å². The van der Waals surface area contributed by atoms with Crippen LogP contribution in [0.15, 0.2) is 11.8 Å². The van der Waals surface area contributed by atoms with Gasteiger partial charge in [-0.05, 0) is 0 Å². The summed E-state index contributed by atoms with van der Waals surface area (Å²) in [5, 5.41) is 30.5. The second-order valence-electron chi connectivity index (χ2n) is 6.20. The minimum Gasteiger partial charge on any atom is -0.507 e. The molecule has 0 saturated carbocycles. The molecule has 1 aromatic carbocycles. The van der Waals surface area contributed by atoms with E-state index in [0.29, 0.717) is 0 Å². The summed E-state index contributed by atoms with van der Waals surface area (Å²) in [7, 11) is 1.22. The van der Waals surface area contributed by atoms with Gasteiger partial charge >= 0.3 is 5.97 Å². The van der Waals surface area contributed by atoms with Gasteiger partial charge in [-0.1, -0.05) is 0 Å². The van der Waals surface area contributed by atoms with Crippen LogP contribution < -0.4 is 0 Å². The molecule has 2 bridgehead atoms. The molecule has 3 aliphatic rings. The van der Waals surface area contributed by atoms with Crippen LogP contribution in [-0.4, -0.2) is 52.4 Å². The number of fused-ring (bicyclic) bond motifs is 5. The number of aromatic hydroxyl groups is 2. The topological polar surface area (TPSA) is 140 Å². The summed E-state index contributed by atoms with van der Waals surface area (Å²) in [5.41, 5.74) is -0.361. The first-order chi connectivity index (χ1) is 12.3. The Hall–Kier alpha value is -2.91. The Morgan fingerprint density at radius 3 is 2.58 bits per heavy atom. The average Bonchev–Trinajstić information content (AvgIpc) is 2.60. The van der Waals surface area contributed by atoms with E-state index in [0.717, 1.165) is 6.08 Å². The fourth-order valence-electron chi connectivity index (χ4n) is 3.65. The molecule has 9 nitrogen and oxygen atoms in total. The molecule has 1 fully saturated rings. The second kappa shape index (κ2) is 5.55. The number of carboxylic acids is 1. The molecule has 4 rings (SSSR count). The number of carbonyl (C=O) groups is 3. The molecule has 9 heteroatoms. The SMILES string of the molecule is COC1=CC(=O)c2c(O)c3c(c(O)c2C1=O)C[C@@H]1O[C@@H](C(=O)O)C[C@H]3O1. The number of methoxy groups -OCH3 is 1. The normalized spacial score (nSPS) is 26.7. The Bertz CT molecular complexity index is 898. The van der Waals surface area contributed by atoms with Crippen molar-refractivity contribution >= 4 is 17.5 Å². The lowest BCUT2D eigenvalue weighted by atomic mass is 9.82. The van der Waals surface area contributed by atoms with Crippen LogP contribution in [0.4, 0.5) is 0 Å². The standard InChI is InChI=1S/C17H14O9/c1-24-8-3-6(18)12-13(15(8)20)14(19)5-2-10-25-7(11(5)16(12)21)4-9(26-10)17(22)23/h3,7,9-10,19,21H,2,4H2,1H3,(H,22,23)/t7-,9-,10+/m1/s1. The number of rotatable bonds is 2. The summed E-state index contributed by atoms with van der Waals surface area (Å²) >= 11 is 0. The monoisotopic (exact) mass is 362 g/mol. The molecule has 0 spiro atoms. The number of aliphatic carboxylic acids is 1. The number of carbonyl (C=O) groups excluding carboxylic acids is 2. The molecule has 3 N–H and O–H groups in total. The highest BCUT2D eigenvalue weighted by Gasteiger charge is 2.45. The van der Waals surface area contributed by atoms with Crippen molar-refractivity contribution in [1.29, 1.82) is 0 Å². The van der Waals surface area contributed by atoms with Crippen LogP contribution in [0.25, 0.3) is 0 Å². The van der Waals surface area contributed by atoms with Crippen molar-refractivity contribution in [2.24, 2.45) is 0 Å². The summed E-state index contributed by atoms with van der Waals surface area (Å²) in [6.45, 7) is 0. The molecule has 0 unspecified atom stereocenters. The largest absolute Gasteiger partial charge is 0.507 e. The lowest BCUT2D eigenvalue weighted by Gasteiger charge is -2.40. The third-order valence-electron chi connectivity index (χ3n) is 4.80. The number of allylic oxidation sites excluding steroid dienone is 2. The van der Waals surface area contributed by atoms with E-state index in [4.69, 9.17) is 14.2 Å². The highest BCUT2D eigenvalue weighted by atomic mass is 16.7. The fourth-order valence-corrected chi connectivity index (χ4v) is 3.65. The zero-order chi connectivity index (χ0) is 18.7. The van der Waals surface area contributed by atoms with Crippen LogP contribution in [0, 0.1) is 0 Å². The molecule has 26 heavy (non-hydrogen) atoms. The van der Waals surface area contributed by atoms with Gasteiger partial charge in [-0.2, -0.15) is 0 Å². The Morgan fingerprint density at radius 1 is 1.19 bits per heavy atom. The molecular formula is C17H14O9. The first kappa shape index (κ1) is 16.6. The number of benzene rings is 1. The second-order valence-corrected chi connectivity index (χ2v) is 6.20. The maximum absolute atomic E-state index is 12.5. The minimum atomic E-state index is -1.17. The van der Waals surface area contributed by atoms with Gasteiger partial charge in [-0.15, -0.1) is 0 Å². The van der Waals surface area contributed by atoms with Crippen molar-refractivity contribution < 1.29 is 43.9 Å². The van der Waals surface area contributed by atoms with Gasteiger partial charge in [-0.3, -0.25) is 9.59 Å². The van der Waals surface area contributed by atoms with E-state index in [1.807, 2.05) is 0 Å². The van der Waals surface area contributed by atoms with Crippen molar-refractivity contribution in [3.63, 3.8) is 0 Å². The Balaban J connectivity index is 1.92. The average molecular weight is 362 g/mol. The van der Waals surface area contributed by atoms with Gasteiger partial charge < -0.3 is 29.5 Å². The highest BCUT2D eigenvalue weighted by Crippen LogP contribution is 2.50. The number of ether oxygens (including phenoxy) is 3. The summed E-state index contributed by atoms with van der Waals surface area (Å²) in [6.07, 6.45) is -2.21. The van der Waals surface area contributed by atoms with E-state index in [-0.39, 0.29) is 40.9 Å². The summed E-state index contributed by atoms with van der Waals surface area (Å²) < 4.78 is 15.7. The lowest BCUT2D eigenvalue weighted by Crippen LogP contribution is -2.43. The highest BCUT2D eigenvalue weighted by molar-refractivity contribution is 6.26. The van der Waals surface area contributed by atoms with Gasteiger partial charge in [0.2, 0.25) is 5.78 Å². The predicted molar refractivity (Wildman–Crippen MR) is 82.0 cm³/mol. The summed E-state index contributed by atoms with van der Waals surface area (Å²) in [4.78, 5) is 36.1. The van der Waals surface area contributed by atoms with E-state index in [2.05, 4.69) is 0 Å². The quantitative estimate of drug-likeness (QED) is 0.652. The van der Waals surface area contributed by atoms with E-state index in [9.17, 15) is 29.7 Å². The van der Waals surface area contributed by atoms with Crippen LogP contribution in [-0.2, 0) is 25.4 Å². The molecule has 136 valence electrons. The Labute approximate surface area is 146 Å². The first-order valence-corrected chi connectivity index (χ1v) is 7.82. The number of carboxylic acid groups (broad SMARTS) is 1. The Kier molecular flexibility index (Phi) is 3.53. The molecule has 1 aliphatic carbocycles. The van der Waals surface area contributed by atoms with Gasteiger partial charge in [0.05, 0.1) is 24.3 Å². The zero-order valence-corrected chi connectivity index (χ0v) is 13.5. The third-order valence-corrected chi connectivity index (χ3v) is 4.80. The number of phenols is 2. The van der Waals surface area contributed by atoms with Crippen LogP contribution in [0.3, 0.4) is 0 Å². The van der Waals surface area contributed by atoms with Gasteiger partial charge in [0.25, 0.3) is 0 Å². The molecule has 2 aliphatic heterocycles. The molecule has 0 aromatic heterocycles. The molecule has 1 saturated heterocycles. The van der Waals surface area contributed by atoms with Gasteiger partial charge in [0, 0.05) is 30.0 Å². The minimum absolute atomic E-state index is 0.0736. The van der Waals surface area contributed by atoms with Crippen molar-refractivity contribution in [3.8, 4) is 11.5 Å². The van der Waals surface area contributed by atoms with Gasteiger partial charge in [0.15, 0.2) is 23.9 Å². The van der Waals surface area contributed by atoms with Crippen LogP contribution in [0.1, 0.15) is 44.4 Å².